The molecule has 0 radical (unpaired) electrons. The van der Waals surface area contributed by atoms with Gasteiger partial charge in [-0.05, 0) is 36.2 Å². The van der Waals surface area contributed by atoms with Crippen LogP contribution < -0.4 is 5.32 Å². The Labute approximate surface area is 122 Å². The average Bonchev–Trinajstić information content (AvgIpc) is 3.17. The SMILES string of the molecule is c1ccc2cc(-c3csc(C4CCCN4)n3)ccc2c1. The zero-order valence-corrected chi connectivity index (χ0v) is 12.0. The van der Waals surface area contributed by atoms with Crippen LogP contribution in [-0.2, 0) is 0 Å². The first-order valence-corrected chi connectivity index (χ1v) is 7.96. The molecule has 1 aliphatic heterocycles. The highest BCUT2D eigenvalue weighted by atomic mass is 32.1. The highest BCUT2D eigenvalue weighted by Crippen LogP contribution is 2.30. The predicted octanol–water partition coefficient (Wildman–Crippen LogP) is 4.39. The van der Waals surface area contributed by atoms with Gasteiger partial charge in [-0.25, -0.2) is 4.98 Å². The summed E-state index contributed by atoms with van der Waals surface area (Å²) >= 11 is 1.77. The third-order valence-electron chi connectivity index (χ3n) is 3.93. The molecular weight excluding hydrogens is 264 g/mol. The molecule has 1 fully saturated rings. The van der Waals surface area contributed by atoms with Crippen molar-refractivity contribution in [3.63, 3.8) is 0 Å². The van der Waals surface area contributed by atoms with Crippen LogP contribution in [0.15, 0.2) is 47.8 Å². The zero-order chi connectivity index (χ0) is 13.4. The minimum absolute atomic E-state index is 0.467. The van der Waals surface area contributed by atoms with Crippen LogP contribution in [0.25, 0.3) is 22.0 Å². The number of fused-ring (bicyclic) bond motifs is 1. The zero-order valence-electron chi connectivity index (χ0n) is 11.2. The molecule has 1 aromatic heterocycles. The summed E-state index contributed by atoms with van der Waals surface area (Å²) in [6, 6.07) is 15.5. The third kappa shape index (κ3) is 2.13. The summed E-state index contributed by atoms with van der Waals surface area (Å²) < 4.78 is 0. The van der Waals surface area contributed by atoms with Crippen molar-refractivity contribution in [2.24, 2.45) is 0 Å². The quantitative estimate of drug-likeness (QED) is 0.753. The minimum Gasteiger partial charge on any atom is -0.308 e. The molecule has 1 N–H and O–H groups in total. The van der Waals surface area contributed by atoms with E-state index in [0.717, 1.165) is 12.2 Å². The number of nitrogens with zero attached hydrogens (tertiary/aromatic N) is 1. The van der Waals surface area contributed by atoms with Crippen LogP contribution in [0, 0.1) is 0 Å². The Morgan fingerprint density at radius 1 is 1.10 bits per heavy atom. The number of benzene rings is 2. The highest BCUT2D eigenvalue weighted by Gasteiger charge is 2.19. The number of rotatable bonds is 2. The van der Waals surface area contributed by atoms with E-state index in [4.69, 9.17) is 4.98 Å². The Kier molecular flexibility index (Phi) is 3.02. The van der Waals surface area contributed by atoms with Crippen molar-refractivity contribution in [3.8, 4) is 11.3 Å². The molecule has 2 aromatic carbocycles. The van der Waals surface area contributed by atoms with Gasteiger partial charge in [-0.3, -0.25) is 0 Å². The molecule has 1 aliphatic rings. The van der Waals surface area contributed by atoms with Gasteiger partial charge in [0.15, 0.2) is 0 Å². The van der Waals surface area contributed by atoms with Crippen molar-refractivity contribution in [1.82, 2.24) is 10.3 Å². The Bertz CT molecular complexity index is 741. The van der Waals surface area contributed by atoms with Crippen molar-refractivity contribution >= 4 is 22.1 Å². The lowest BCUT2D eigenvalue weighted by Gasteiger charge is -2.05. The Morgan fingerprint density at radius 3 is 2.85 bits per heavy atom. The van der Waals surface area contributed by atoms with Crippen LogP contribution in [0.5, 0.6) is 0 Å². The maximum atomic E-state index is 4.83. The van der Waals surface area contributed by atoms with E-state index in [1.165, 1.54) is 34.2 Å². The second-order valence-corrected chi connectivity index (χ2v) is 6.17. The average molecular weight is 280 g/mol. The van der Waals surface area contributed by atoms with Crippen molar-refractivity contribution < 1.29 is 0 Å². The van der Waals surface area contributed by atoms with Crippen LogP contribution in [0.2, 0.25) is 0 Å². The molecule has 0 amide bonds. The van der Waals surface area contributed by atoms with Gasteiger partial charge in [-0.1, -0.05) is 36.4 Å². The standard InChI is InChI=1S/C17H16N2S/c1-2-5-13-10-14(8-7-12(13)4-1)16-11-20-17(19-16)15-6-3-9-18-15/h1-2,4-5,7-8,10-11,15,18H,3,6,9H2. The van der Waals surface area contributed by atoms with Crippen LogP contribution in [-0.4, -0.2) is 11.5 Å². The molecule has 3 aromatic rings. The monoisotopic (exact) mass is 280 g/mol. The van der Waals surface area contributed by atoms with Gasteiger partial charge in [0.1, 0.15) is 5.01 Å². The molecule has 0 aliphatic carbocycles. The number of nitrogens with one attached hydrogen (secondary N) is 1. The Balaban J connectivity index is 1.71. The molecule has 0 saturated carbocycles. The van der Waals surface area contributed by atoms with Gasteiger partial charge in [0.2, 0.25) is 0 Å². The van der Waals surface area contributed by atoms with E-state index < -0.39 is 0 Å². The molecule has 4 rings (SSSR count). The molecule has 1 saturated heterocycles. The molecule has 2 heterocycles. The summed E-state index contributed by atoms with van der Waals surface area (Å²) in [6.45, 7) is 1.12. The minimum atomic E-state index is 0.467. The fourth-order valence-corrected chi connectivity index (χ4v) is 3.76. The maximum Gasteiger partial charge on any atom is 0.110 e. The van der Waals surface area contributed by atoms with Crippen molar-refractivity contribution in [1.29, 1.82) is 0 Å². The van der Waals surface area contributed by atoms with Gasteiger partial charge < -0.3 is 5.32 Å². The lowest BCUT2D eigenvalue weighted by atomic mass is 10.1. The van der Waals surface area contributed by atoms with E-state index in [2.05, 4.69) is 53.2 Å². The van der Waals surface area contributed by atoms with Crippen molar-refractivity contribution in [2.75, 3.05) is 6.54 Å². The topological polar surface area (TPSA) is 24.9 Å². The van der Waals surface area contributed by atoms with Crippen LogP contribution in [0.1, 0.15) is 23.9 Å². The molecule has 20 heavy (non-hydrogen) atoms. The van der Waals surface area contributed by atoms with Crippen LogP contribution in [0.3, 0.4) is 0 Å². The fraction of sp³-hybridized carbons (Fsp3) is 0.235. The summed E-state index contributed by atoms with van der Waals surface area (Å²) in [5.74, 6) is 0. The molecule has 2 nitrogen and oxygen atoms in total. The first-order valence-electron chi connectivity index (χ1n) is 7.08. The second-order valence-electron chi connectivity index (χ2n) is 5.28. The molecule has 0 spiro atoms. The largest absolute Gasteiger partial charge is 0.308 e. The number of thiazole rings is 1. The Hall–Kier alpha value is -1.71. The third-order valence-corrected chi connectivity index (χ3v) is 4.88. The van der Waals surface area contributed by atoms with Gasteiger partial charge >= 0.3 is 0 Å². The number of hydrogen-bond acceptors (Lipinski definition) is 3. The number of aromatic nitrogens is 1. The van der Waals surface area contributed by atoms with Crippen molar-refractivity contribution in [2.45, 2.75) is 18.9 Å². The predicted molar refractivity (Wildman–Crippen MR) is 85.0 cm³/mol. The molecule has 1 atom stereocenters. The van der Waals surface area contributed by atoms with Crippen LogP contribution >= 0.6 is 11.3 Å². The van der Waals surface area contributed by atoms with E-state index >= 15 is 0 Å². The molecular formula is C17H16N2S. The van der Waals surface area contributed by atoms with Crippen LogP contribution in [0.4, 0.5) is 0 Å². The van der Waals surface area contributed by atoms with Gasteiger partial charge in [0, 0.05) is 10.9 Å². The summed E-state index contributed by atoms with van der Waals surface area (Å²) in [5, 5.41) is 9.48. The molecule has 100 valence electrons. The Morgan fingerprint density at radius 2 is 2.00 bits per heavy atom. The highest BCUT2D eigenvalue weighted by molar-refractivity contribution is 7.10. The summed E-state index contributed by atoms with van der Waals surface area (Å²) in [6.07, 6.45) is 2.47. The lowest BCUT2D eigenvalue weighted by Crippen LogP contribution is -2.12. The van der Waals surface area contributed by atoms with Crippen molar-refractivity contribution in [3.05, 3.63) is 52.9 Å². The van der Waals surface area contributed by atoms with E-state index in [9.17, 15) is 0 Å². The molecule has 1 unspecified atom stereocenters. The van der Waals surface area contributed by atoms with Gasteiger partial charge in [-0.2, -0.15) is 0 Å². The maximum absolute atomic E-state index is 4.83. The van der Waals surface area contributed by atoms with E-state index in [-0.39, 0.29) is 0 Å². The normalized spacial score (nSPS) is 18.7. The van der Waals surface area contributed by atoms with E-state index in [1.807, 2.05) is 0 Å². The smallest absolute Gasteiger partial charge is 0.110 e. The summed E-state index contributed by atoms with van der Waals surface area (Å²) in [5.41, 5.74) is 2.31. The van der Waals surface area contributed by atoms with Gasteiger partial charge in [0.05, 0.1) is 11.7 Å². The molecule has 0 bridgehead atoms. The lowest BCUT2D eigenvalue weighted by molar-refractivity contribution is 0.643. The van der Waals surface area contributed by atoms with Gasteiger partial charge in [-0.15, -0.1) is 11.3 Å². The van der Waals surface area contributed by atoms with Gasteiger partial charge in [0.25, 0.3) is 0 Å². The summed E-state index contributed by atoms with van der Waals surface area (Å²) in [4.78, 5) is 4.83. The first-order chi connectivity index (χ1) is 9.90. The number of hydrogen-bond donors (Lipinski definition) is 1. The summed E-state index contributed by atoms with van der Waals surface area (Å²) in [7, 11) is 0. The van der Waals surface area contributed by atoms with E-state index in [0.29, 0.717) is 6.04 Å². The fourth-order valence-electron chi connectivity index (χ4n) is 2.82. The molecule has 3 heteroatoms. The second kappa shape index (κ2) is 5.00. The first kappa shape index (κ1) is 12.1. The van der Waals surface area contributed by atoms with E-state index in [1.54, 1.807) is 11.3 Å².